The number of nitrogens with zero attached hydrogens (tertiary/aromatic N) is 2. The van der Waals surface area contributed by atoms with Gasteiger partial charge in [0.2, 0.25) is 11.7 Å². The summed E-state index contributed by atoms with van der Waals surface area (Å²) < 4.78 is 10.2. The van der Waals surface area contributed by atoms with Crippen LogP contribution in [-0.4, -0.2) is 16.7 Å². The van der Waals surface area contributed by atoms with Crippen molar-refractivity contribution in [3.05, 3.63) is 24.5 Å². The molecule has 78 valence electrons. The van der Waals surface area contributed by atoms with Crippen LogP contribution in [0.4, 0.5) is 0 Å². The molecule has 1 unspecified atom stereocenters. The van der Waals surface area contributed by atoms with E-state index >= 15 is 0 Å². The summed E-state index contributed by atoms with van der Waals surface area (Å²) in [6.07, 6.45) is 5.43. The van der Waals surface area contributed by atoms with Crippen molar-refractivity contribution in [2.75, 3.05) is 6.54 Å². The third-order valence-electron chi connectivity index (χ3n) is 2.58. The fourth-order valence-electron chi connectivity index (χ4n) is 1.78. The Morgan fingerprint density at radius 3 is 3.20 bits per heavy atom. The van der Waals surface area contributed by atoms with Gasteiger partial charge >= 0.3 is 0 Å². The predicted octanol–water partition coefficient (Wildman–Crippen LogP) is 1.75. The van der Waals surface area contributed by atoms with Gasteiger partial charge in [-0.25, -0.2) is 0 Å². The van der Waals surface area contributed by atoms with Crippen LogP contribution in [0.2, 0.25) is 0 Å². The van der Waals surface area contributed by atoms with Gasteiger partial charge in [0.25, 0.3) is 0 Å². The van der Waals surface area contributed by atoms with Gasteiger partial charge in [-0.05, 0) is 25.5 Å². The molecule has 0 amide bonds. The lowest BCUT2D eigenvalue weighted by molar-refractivity contribution is 0.345. The fourth-order valence-corrected chi connectivity index (χ4v) is 1.78. The van der Waals surface area contributed by atoms with Crippen LogP contribution in [0, 0.1) is 0 Å². The number of nitrogens with one attached hydrogen (secondary N) is 1. The minimum Gasteiger partial charge on any atom is -0.472 e. The molecule has 5 heteroatoms. The largest absolute Gasteiger partial charge is 0.472 e. The highest BCUT2D eigenvalue weighted by molar-refractivity contribution is 5.51. The van der Waals surface area contributed by atoms with Crippen LogP contribution in [0.5, 0.6) is 0 Å². The zero-order valence-electron chi connectivity index (χ0n) is 8.14. The standard InChI is InChI=1S/C10H11N3O2/c1-2-8(11-4-1)10-12-9(13-15-10)7-3-5-14-6-7/h3,5-6,8,11H,1-2,4H2. The summed E-state index contributed by atoms with van der Waals surface area (Å²) in [5, 5.41) is 7.23. The molecule has 1 aliphatic rings. The van der Waals surface area contributed by atoms with Gasteiger partial charge in [0.05, 0.1) is 17.9 Å². The van der Waals surface area contributed by atoms with Crippen molar-refractivity contribution >= 4 is 0 Å². The molecule has 1 aliphatic heterocycles. The first-order chi connectivity index (χ1) is 7.43. The Balaban J connectivity index is 1.87. The average molecular weight is 205 g/mol. The van der Waals surface area contributed by atoms with Crippen molar-refractivity contribution in [2.45, 2.75) is 18.9 Å². The summed E-state index contributed by atoms with van der Waals surface area (Å²) in [5.74, 6) is 1.26. The van der Waals surface area contributed by atoms with Crippen molar-refractivity contribution in [1.82, 2.24) is 15.5 Å². The lowest BCUT2D eigenvalue weighted by atomic mass is 10.2. The first kappa shape index (κ1) is 8.67. The Bertz CT molecular complexity index is 429. The molecule has 1 atom stereocenters. The molecule has 5 nitrogen and oxygen atoms in total. The van der Waals surface area contributed by atoms with Crippen molar-refractivity contribution in [1.29, 1.82) is 0 Å². The van der Waals surface area contributed by atoms with Crippen LogP contribution in [0.3, 0.4) is 0 Å². The van der Waals surface area contributed by atoms with Crippen molar-refractivity contribution in [3.8, 4) is 11.4 Å². The van der Waals surface area contributed by atoms with E-state index in [1.165, 1.54) is 0 Å². The van der Waals surface area contributed by atoms with Crippen LogP contribution in [0.25, 0.3) is 11.4 Å². The Morgan fingerprint density at radius 1 is 1.47 bits per heavy atom. The number of hydrogen-bond donors (Lipinski definition) is 1. The molecule has 0 aromatic carbocycles. The molecule has 0 bridgehead atoms. The molecular weight excluding hydrogens is 194 g/mol. The van der Waals surface area contributed by atoms with Crippen molar-refractivity contribution in [3.63, 3.8) is 0 Å². The van der Waals surface area contributed by atoms with E-state index in [1.54, 1.807) is 12.5 Å². The van der Waals surface area contributed by atoms with E-state index in [1.807, 2.05) is 6.07 Å². The van der Waals surface area contributed by atoms with Gasteiger partial charge in [-0.2, -0.15) is 4.98 Å². The maximum Gasteiger partial charge on any atom is 0.244 e. The molecule has 0 saturated carbocycles. The van der Waals surface area contributed by atoms with Gasteiger partial charge in [0.1, 0.15) is 6.26 Å². The average Bonchev–Trinajstić information content (AvgIpc) is 3.02. The fraction of sp³-hybridized carbons (Fsp3) is 0.400. The molecule has 1 saturated heterocycles. The predicted molar refractivity (Wildman–Crippen MR) is 52.0 cm³/mol. The van der Waals surface area contributed by atoms with Crippen molar-refractivity contribution in [2.24, 2.45) is 0 Å². The van der Waals surface area contributed by atoms with E-state index in [4.69, 9.17) is 8.94 Å². The summed E-state index contributed by atoms with van der Waals surface area (Å²) in [7, 11) is 0. The van der Waals surface area contributed by atoms with Gasteiger partial charge < -0.3 is 14.3 Å². The molecule has 0 radical (unpaired) electrons. The third kappa shape index (κ3) is 1.55. The molecule has 1 fully saturated rings. The van der Waals surface area contributed by atoms with Gasteiger partial charge in [0.15, 0.2) is 0 Å². The first-order valence-electron chi connectivity index (χ1n) is 5.03. The van der Waals surface area contributed by atoms with Crippen LogP contribution in [0.1, 0.15) is 24.8 Å². The second kappa shape index (κ2) is 3.51. The SMILES string of the molecule is c1cc(-c2noc(C3CCCN3)n2)co1. The van der Waals surface area contributed by atoms with Crippen LogP contribution >= 0.6 is 0 Å². The summed E-state index contributed by atoms with van der Waals surface area (Å²) in [6, 6.07) is 2.04. The Morgan fingerprint density at radius 2 is 2.47 bits per heavy atom. The molecule has 3 heterocycles. The monoisotopic (exact) mass is 205 g/mol. The molecule has 15 heavy (non-hydrogen) atoms. The first-order valence-corrected chi connectivity index (χ1v) is 5.03. The van der Waals surface area contributed by atoms with Crippen LogP contribution in [-0.2, 0) is 0 Å². The van der Waals surface area contributed by atoms with Crippen molar-refractivity contribution < 1.29 is 8.94 Å². The normalized spacial score (nSPS) is 20.9. The van der Waals surface area contributed by atoms with E-state index in [-0.39, 0.29) is 6.04 Å². The van der Waals surface area contributed by atoms with E-state index < -0.39 is 0 Å². The van der Waals surface area contributed by atoms with Gasteiger partial charge in [-0.15, -0.1) is 0 Å². The molecular formula is C10H11N3O2. The minimum absolute atomic E-state index is 0.221. The highest BCUT2D eigenvalue weighted by atomic mass is 16.5. The zero-order valence-corrected chi connectivity index (χ0v) is 8.14. The highest BCUT2D eigenvalue weighted by Crippen LogP contribution is 2.24. The molecule has 1 N–H and O–H groups in total. The molecule has 2 aromatic rings. The van der Waals surface area contributed by atoms with Crippen LogP contribution in [0.15, 0.2) is 27.5 Å². The smallest absolute Gasteiger partial charge is 0.244 e. The van der Waals surface area contributed by atoms with Gasteiger partial charge in [-0.3, -0.25) is 0 Å². The van der Waals surface area contributed by atoms with E-state index in [0.29, 0.717) is 11.7 Å². The molecule has 0 aliphatic carbocycles. The Kier molecular flexibility index (Phi) is 2.03. The number of hydrogen-bond acceptors (Lipinski definition) is 5. The van der Waals surface area contributed by atoms with Gasteiger partial charge in [0, 0.05) is 0 Å². The molecule has 2 aromatic heterocycles. The highest BCUT2D eigenvalue weighted by Gasteiger charge is 2.22. The van der Waals surface area contributed by atoms with Crippen LogP contribution < -0.4 is 5.32 Å². The topological polar surface area (TPSA) is 64.1 Å². The maximum atomic E-state index is 5.21. The summed E-state index contributed by atoms with van der Waals surface area (Å²) in [6.45, 7) is 1.02. The van der Waals surface area contributed by atoms with E-state index in [2.05, 4.69) is 15.5 Å². The summed E-state index contributed by atoms with van der Waals surface area (Å²) in [5.41, 5.74) is 0.850. The quantitative estimate of drug-likeness (QED) is 0.809. The zero-order chi connectivity index (χ0) is 10.1. The van der Waals surface area contributed by atoms with E-state index in [9.17, 15) is 0 Å². The minimum atomic E-state index is 0.221. The number of rotatable bonds is 2. The second-order valence-corrected chi connectivity index (χ2v) is 3.62. The Hall–Kier alpha value is -1.62. The lowest BCUT2D eigenvalue weighted by Crippen LogP contribution is -2.12. The molecule has 3 rings (SSSR count). The number of furan rings is 1. The maximum absolute atomic E-state index is 5.21. The number of aromatic nitrogens is 2. The lowest BCUT2D eigenvalue weighted by Gasteiger charge is -2.01. The summed E-state index contributed by atoms with van der Waals surface area (Å²) in [4.78, 5) is 4.33. The molecule has 0 spiro atoms. The van der Waals surface area contributed by atoms with E-state index in [0.717, 1.165) is 24.9 Å². The second-order valence-electron chi connectivity index (χ2n) is 3.62. The summed E-state index contributed by atoms with van der Waals surface area (Å²) >= 11 is 0. The Labute approximate surface area is 86.5 Å². The third-order valence-corrected chi connectivity index (χ3v) is 2.58. The van der Waals surface area contributed by atoms with Gasteiger partial charge in [-0.1, -0.05) is 5.16 Å².